The molecule has 190 valence electrons. The van der Waals surface area contributed by atoms with Gasteiger partial charge in [0.15, 0.2) is 17.3 Å². The number of hydrogen-bond acceptors (Lipinski definition) is 7. The Hall–Kier alpha value is -2.93. The summed E-state index contributed by atoms with van der Waals surface area (Å²) in [4.78, 5) is 12.7. The molecule has 0 spiro atoms. The molecular weight excluding hydrogens is 493 g/mol. The maximum atomic E-state index is 13.1. The van der Waals surface area contributed by atoms with Crippen LogP contribution in [-0.4, -0.2) is 55.4 Å². The number of halogens is 5. The number of aromatic nitrogens is 4. The molecular formula is C22H24F5N5O2S. The average molecular weight is 518 g/mol. The Morgan fingerprint density at radius 1 is 1.17 bits per heavy atom. The van der Waals surface area contributed by atoms with Crippen LogP contribution in [0.2, 0.25) is 0 Å². The zero-order valence-corrected chi connectivity index (χ0v) is 20.0. The fourth-order valence-corrected chi connectivity index (χ4v) is 3.69. The second-order valence-electron chi connectivity index (χ2n) is 7.25. The Labute approximate surface area is 202 Å². The van der Waals surface area contributed by atoms with E-state index in [9.17, 15) is 26.5 Å². The van der Waals surface area contributed by atoms with E-state index in [1.165, 1.54) is 24.7 Å². The van der Waals surface area contributed by atoms with Crippen molar-refractivity contribution in [3.63, 3.8) is 0 Å². The van der Waals surface area contributed by atoms with E-state index in [0.717, 1.165) is 6.07 Å². The zero-order valence-electron chi connectivity index (χ0n) is 19.2. The summed E-state index contributed by atoms with van der Waals surface area (Å²) in [7, 11) is 0. The number of hydrogen-bond donors (Lipinski definition) is 0. The highest BCUT2D eigenvalue weighted by Gasteiger charge is 2.58. The third kappa shape index (κ3) is 7.52. The minimum atomic E-state index is -5.75. The molecule has 2 unspecified atom stereocenters. The van der Waals surface area contributed by atoms with Crippen LogP contribution in [0.1, 0.15) is 38.7 Å². The van der Waals surface area contributed by atoms with Crippen molar-refractivity contribution < 1.29 is 31.2 Å². The molecule has 0 radical (unpaired) electrons. The van der Waals surface area contributed by atoms with Crippen LogP contribution in [-0.2, 0) is 11.2 Å². The van der Waals surface area contributed by atoms with E-state index in [0.29, 0.717) is 16.9 Å². The minimum Gasteiger partial charge on any atom is -0.611 e. The van der Waals surface area contributed by atoms with Crippen LogP contribution < -0.4 is 4.74 Å². The summed E-state index contributed by atoms with van der Waals surface area (Å²) in [6.07, 6.45) is -0.694. The second kappa shape index (κ2) is 12.2. The Morgan fingerprint density at radius 2 is 1.83 bits per heavy atom. The maximum absolute atomic E-state index is 13.1. The lowest BCUT2D eigenvalue weighted by atomic mass is 9.95. The van der Waals surface area contributed by atoms with Gasteiger partial charge in [-0.1, -0.05) is 20.4 Å². The summed E-state index contributed by atoms with van der Waals surface area (Å²) >= 11 is -1.50. The number of aliphatic imine (C=N–C) groups is 1. The average Bonchev–Trinajstić information content (AvgIpc) is 2.84. The maximum Gasteiger partial charge on any atom is 0.456 e. The van der Waals surface area contributed by atoms with Crippen LogP contribution in [0.3, 0.4) is 0 Å². The van der Waals surface area contributed by atoms with E-state index in [1.807, 2.05) is 13.8 Å². The molecule has 0 aliphatic heterocycles. The van der Waals surface area contributed by atoms with E-state index >= 15 is 0 Å². The third-order valence-electron chi connectivity index (χ3n) is 4.77. The first kappa shape index (κ1) is 28.3. The molecule has 13 heteroatoms. The summed E-state index contributed by atoms with van der Waals surface area (Å²) in [6.45, 7) is 7.37. The number of rotatable bonds is 11. The third-order valence-corrected chi connectivity index (χ3v) is 6.11. The quantitative estimate of drug-likeness (QED) is 0.234. The zero-order chi connectivity index (χ0) is 26.2. The molecule has 2 heterocycles. The van der Waals surface area contributed by atoms with E-state index in [-0.39, 0.29) is 28.9 Å². The van der Waals surface area contributed by atoms with Gasteiger partial charge in [0.2, 0.25) is 5.88 Å². The van der Waals surface area contributed by atoms with Crippen LogP contribution in [0.15, 0.2) is 47.1 Å². The molecule has 0 N–H and O–H groups in total. The molecule has 0 saturated heterocycles. The lowest BCUT2D eigenvalue weighted by molar-refractivity contribution is -0.290. The summed E-state index contributed by atoms with van der Waals surface area (Å²) in [5.41, 5.74) is 1.01. The highest BCUT2D eigenvalue weighted by molar-refractivity contribution is 7.96. The van der Waals surface area contributed by atoms with Crippen molar-refractivity contribution in [3.8, 4) is 5.88 Å². The highest BCUT2D eigenvalue weighted by Crippen LogP contribution is 2.36. The van der Waals surface area contributed by atoms with Gasteiger partial charge in [-0.2, -0.15) is 22.0 Å². The molecule has 0 amide bonds. The SMILES string of the molecule is C=C(/N=C\C(=C(\c1ccc(OCC(F)(F)C(F)(F)F)nn1)C(C)CC)[S+]([O-])CC)c1ncccn1. The van der Waals surface area contributed by atoms with Crippen LogP contribution in [0, 0.1) is 5.92 Å². The normalized spacial score (nSPS) is 15.0. The molecule has 0 aliphatic rings. The number of allylic oxidation sites excluding steroid dienone is 2. The predicted molar refractivity (Wildman–Crippen MR) is 123 cm³/mol. The van der Waals surface area contributed by atoms with E-state index in [4.69, 9.17) is 0 Å². The lowest BCUT2D eigenvalue weighted by Gasteiger charge is -2.20. The Balaban J connectivity index is 2.41. The standard InChI is InChI=1S/C22H24F5N5O2S/c1-5-14(3)19(16-8-9-18(32-31-16)34-13-21(23,24)22(25,26)27)17(35(33)6-2)12-30-15(4)20-28-10-7-11-29-20/h7-12,14H,4-6,13H2,1-3H3/b19-17-,30-12-. The van der Waals surface area contributed by atoms with Crippen LogP contribution in [0.5, 0.6) is 5.88 Å². The fourth-order valence-electron chi connectivity index (χ4n) is 2.66. The topological polar surface area (TPSA) is 96.2 Å². The van der Waals surface area contributed by atoms with Gasteiger partial charge in [-0.25, -0.2) is 15.0 Å². The van der Waals surface area contributed by atoms with Crippen LogP contribution in [0.4, 0.5) is 22.0 Å². The molecule has 2 rings (SSSR count). The van der Waals surface area contributed by atoms with Gasteiger partial charge in [-0.05, 0) is 42.6 Å². The molecule has 7 nitrogen and oxygen atoms in total. The molecule has 0 saturated carbocycles. The summed E-state index contributed by atoms with van der Waals surface area (Å²) < 4.78 is 80.7. The minimum absolute atomic E-state index is 0.177. The Kier molecular flexibility index (Phi) is 9.83. The Bertz CT molecular complexity index is 1050. The smallest absolute Gasteiger partial charge is 0.456 e. The van der Waals surface area contributed by atoms with Gasteiger partial charge < -0.3 is 9.29 Å². The van der Waals surface area contributed by atoms with Crippen molar-refractivity contribution in [2.24, 2.45) is 10.9 Å². The summed E-state index contributed by atoms with van der Waals surface area (Å²) in [5.74, 6) is -5.18. The fraction of sp³-hybridized carbons (Fsp3) is 0.409. The van der Waals surface area contributed by atoms with E-state index in [1.54, 1.807) is 13.0 Å². The van der Waals surface area contributed by atoms with Crippen molar-refractivity contribution in [1.82, 2.24) is 20.2 Å². The highest BCUT2D eigenvalue weighted by atomic mass is 32.2. The molecule has 35 heavy (non-hydrogen) atoms. The number of nitrogens with zero attached hydrogens (tertiary/aromatic N) is 5. The first-order chi connectivity index (χ1) is 16.4. The van der Waals surface area contributed by atoms with E-state index < -0.39 is 35.8 Å². The van der Waals surface area contributed by atoms with E-state index in [2.05, 4.69) is 36.5 Å². The van der Waals surface area contributed by atoms with Crippen molar-refractivity contribution in [1.29, 1.82) is 0 Å². The van der Waals surface area contributed by atoms with Gasteiger partial charge in [0.25, 0.3) is 0 Å². The van der Waals surface area contributed by atoms with Gasteiger partial charge in [-0.3, -0.25) is 0 Å². The first-order valence-electron chi connectivity index (χ1n) is 10.5. The van der Waals surface area contributed by atoms with Crippen LogP contribution >= 0.6 is 0 Å². The van der Waals surface area contributed by atoms with Gasteiger partial charge in [-0.15, -0.1) is 10.2 Å². The molecule has 0 aromatic carbocycles. The van der Waals surface area contributed by atoms with Crippen molar-refractivity contribution in [3.05, 3.63) is 53.6 Å². The van der Waals surface area contributed by atoms with Crippen molar-refractivity contribution >= 4 is 28.7 Å². The Morgan fingerprint density at radius 3 is 2.34 bits per heavy atom. The molecule has 2 aromatic heterocycles. The van der Waals surface area contributed by atoms with Gasteiger partial charge in [0.1, 0.15) is 11.4 Å². The van der Waals surface area contributed by atoms with Gasteiger partial charge in [0, 0.05) is 24.0 Å². The molecule has 2 atom stereocenters. The van der Waals surface area contributed by atoms with Gasteiger partial charge >= 0.3 is 12.1 Å². The summed E-state index contributed by atoms with van der Waals surface area (Å²) in [6, 6.07) is 4.11. The monoisotopic (exact) mass is 517 g/mol. The van der Waals surface area contributed by atoms with Crippen molar-refractivity contribution in [2.45, 2.75) is 39.3 Å². The first-order valence-corrected chi connectivity index (χ1v) is 11.8. The number of alkyl halides is 5. The van der Waals surface area contributed by atoms with Gasteiger partial charge in [0.05, 0.1) is 11.9 Å². The summed E-state index contributed by atoms with van der Waals surface area (Å²) in [5, 5.41) is 7.56. The van der Waals surface area contributed by atoms with Crippen molar-refractivity contribution in [2.75, 3.05) is 12.4 Å². The lowest BCUT2D eigenvalue weighted by Crippen LogP contribution is -2.41. The molecule has 2 aromatic rings. The number of ether oxygens (including phenoxy) is 1. The molecule has 0 fully saturated rings. The second-order valence-corrected chi connectivity index (χ2v) is 8.95. The largest absolute Gasteiger partial charge is 0.611 e. The molecule has 0 bridgehead atoms. The predicted octanol–water partition coefficient (Wildman–Crippen LogP) is 5.11. The molecule has 0 aliphatic carbocycles. The van der Waals surface area contributed by atoms with Crippen LogP contribution in [0.25, 0.3) is 11.3 Å².